The topological polar surface area (TPSA) is 16.1 Å². The molecule has 0 bridgehead atoms. The lowest BCUT2D eigenvalue weighted by Crippen LogP contribution is -2.16. The molecule has 0 aliphatic rings. The van der Waals surface area contributed by atoms with Gasteiger partial charge < -0.3 is 4.90 Å². The molecule has 2 nitrogen and oxygen atoms in total. The zero-order chi connectivity index (χ0) is 12.3. The van der Waals surface area contributed by atoms with Crippen LogP contribution in [-0.4, -0.2) is 23.5 Å². The lowest BCUT2D eigenvalue weighted by atomic mass is 10.2. The summed E-state index contributed by atoms with van der Waals surface area (Å²) in [6.07, 6.45) is 0. The van der Waals surface area contributed by atoms with Crippen LogP contribution in [0, 0.1) is 5.82 Å². The van der Waals surface area contributed by atoms with Gasteiger partial charge in [0.2, 0.25) is 0 Å². The smallest absolute Gasteiger partial charge is 0.123 e. The van der Waals surface area contributed by atoms with Crippen LogP contribution >= 0.6 is 11.3 Å². The van der Waals surface area contributed by atoms with Gasteiger partial charge in [0.15, 0.2) is 0 Å². The number of halogens is 1. The zero-order valence-electron chi connectivity index (χ0n) is 9.98. The summed E-state index contributed by atoms with van der Waals surface area (Å²) in [6, 6.07) is 6.46. The van der Waals surface area contributed by atoms with Gasteiger partial charge in [-0.3, -0.25) is 0 Å². The second-order valence-corrected chi connectivity index (χ2v) is 4.84. The molecule has 0 aliphatic carbocycles. The van der Waals surface area contributed by atoms with Gasteiger partial charge in [-0.2, -0.15) is 0 Å². The first-order valence-electron chi connectivity index (χ1n) is 5.58. The van der Waals surface area contributed by atoms with E-state index in [9.17, 15) is 4.39 Å². The van der Waals surface area contributed by atoms with Gasteiger partial charge in [-0.05, 0) is 37.9 Å². The van der Waals surface area contributed by atoms with E-state index in [4.69, 9.17) is 0 Å². The number of rotatable bonds is 4. The lowest BCUT2D eigenvalue weighted by Gasteiger charge is -2.10. The van der Waals surface area contributed by atoms with E-state index < -0.39 is 0 Å². The monoisotopic (exact) mass is 250 g/mol. The SMILES string of the molecule is CCN(C)Cc1csc(-c2ccc(F)cc2)n1. The van der Waals surface area contributed by atoms with Gasteiger partial charge in [0, 0.05) is 17.5 Å². The van der Waals surface area contributed by atoms with Crippen molar-refractivity contribution in [3.63, 3.8) is 0 Å². The van der Waals surface area contributed by atoms with Crippen LogP contribution in [0.3, 0.4) is 0 Å². The van der Waals surface area contributed by atoms with E-state index in [2.05, 4.69) is 29.2 Å². The van der Waals surface area contributed by atoms with Crippen molar-refractivity contribution in [2.75, 3.05) is 13.6 Å². The highest BCUT2D eigenvalue weighted by molar-refractivity contribution is 7.13. The Labute approximate surface area is 105 Å². The fourth-order valence-corrected chi connectivity index (χ4v) is 2.31. The molecule has 0 unspecified atom stereocenters. The van der Waals surface area contributed by atoms with Crippen molar-refractivity contribution in [1.29, 1.82) is 0 Å². The third-order valence-corrected chi connectivity index (χ3v) is 3.55. The van der Waals surface area contributed by atoms with Gasteiger partial charge in [0.25, 0.3) is 0 Å². The van der Waals surface area contributed by atoms with Gasteiger partial charge in [0.1, 0.15) is 10.8 Å². The summed E-state index contributed by atoms with van der Waals surface area (Å²) in [5, 5.41) is 3.01. The van der Waals surface area contributed by atoms with Crippen molar-refractivity contribution >= 4 is 11.3 Å². The number of hydrogen-bond acceptors (Lipinski definition) is 3. The molecule has 1 aromatic carbocycles. The van der Waals surface area contributed by atoms with E-state index in [0.29, 0.717) is 0 Å². The number of benzene rings is 1. The van der Waals surface area contributed by atoms with Crippen molar-refractivity contribution < 1.29 is 4.39 Å². The third kappa shape index (κ3) is 3.11. The molecule has 0 aliphatic heterocycles. The summed E-state index contributed by atoms with van der Waals surface area (Å²) in [4.78, 5) is 6.75. The molecule has 17 heavy (non-hydrogen) atoms. The normalized spacial score (nSPS) is 11.1. The van der Waals surface area contributed by atoms with Crippen molar-refractivity contribution in [3.8, 4) is 10.6 Å². The third-order valence-electron chi connectivity index (χ3n) is 2.61. The van der Waals surface area contributed by atoms with Gasteiger partial charge >= 0.3 is 0 Å². The maximum Gasteiger partial charge on any atom is 0.123 e. The van der Waals surface area contributed by atoms with Crippen LogP contribution in [0.4, 0.5) is 4.39 Å². The van der Waals surface area contributed by atoms with Gasteiger partial charge in [-0.1, -0.05) is 6.92 Å². The predicted molar refractivity (Wildman–Crippen MR) is 69.5 cm³/mol. The summed E-state index contributed by atoms with van der Waals surface area (Å²) < 4.78 is 12.8. The van der Waals surface area contributed by atoms with Crippen LogP contribution in [0.5, 0.6) is 0 Å². The minimum absolute atomic E-state index is 0.212. The molecule has 0 radical (unpaired) electrons. The molecular weight excluding hydrogens is 235 g/mol. The molecular formula is C13H15FN2S. The molecule has 0 saturated heterocycles. The number of nitrogens with zero attached hydrogens (tertiary/aromatic N) is 2. The quantitative estimate of drug-likeness (QED) is 0.826. The van der Waals surface area contributed by atoms with Gasteiger partial charge in [-0.25, -0.2) is 9.37 Å². The molecule has 0 amide bonds. The molecule has 90 valence electrons. The van der Waals surface area contributed by atoms with Crippen molar-refractivity contribution in [2.24, 2.45) is 0 Å². The summed E-state index contributed by atoms with van der Waals surface area (Å²) in [5.74, 6) is -0.212. The Kier molecular flexibility index (Phi) is 3.86. The first-order chi connectivity index (χ1) is 8.19. The fourth-order valence-electron chi connectivity index (χ4n) is 1.49. The highest BCUT2D eigenvalue weighted by Crippen LogP contribution is 2.24. The average Bonchev–Trinajstić information content (AvgIpc) is 2.78. The largest absolute Gasteiger partial charge is 0.301 e. The highest BCUT2D eigenvalue weighted by atomic mass is 32.1. The Morgan fingerprint density at radius 2 is 2.00 bits per heavy atom. The summed E-state index contributed by atoms with van der Waals surface area (Å²) >= 11 is 1.60. The maximum atomic E-state index is 12.8. The summed E-state index contributed by atoms with van der Waals surface area (Å²) in [7, 11) is 2.07. The Bertz CT molecular complexity index is 478. The molecule has 1 aromatic heterocycles. The Hall–Kier alpha value is -1.26. The minimum atomic E-state index is -0.212. The van der Waals surface area contributed by atoms with Gasteiger partial charge in [-0.15, -0.1) is 11.3 Å². The molecule has 0 atom stereocenters. The van der Waals surface area contributed by atoms with Crippen LogP contribution in [0.15, 0.2) is 29.6 Å². The lowest BCUT2D eigenvalue weighted by molar-refractivity contribution is 0.342. The predicted octanol–water partition coefficient (Wildman–Crippen LogP) is 3.40. The highest BCUT2D eigenvalue weighted by Gasteiger charge is 2.06. The Morgan fingerprint density at radius 1 is 1.29 bits per heavy atom. The van der Waals surface area contributed by atoms with E-state index >= 15 is 0 Å². The second kappa shape index (κ2) is 5.38. The zero-order valence-corrected chi connectivity index (χ0v) is 10.8. The Balaban J connectivity index is 2.15. The van der Waals surface area contributed by atoms with E-state index in [-0.39, 0.29) is 5.82 Å². The summed E-state index contributed by atoms with van der Waals surface area (Å²) in [5.41, 5.74) is 2.04. The number of hydrogen-bond donors (Lipinski definition) is 0. The summed E-state index contributed by atoms with van der Waals surface area (Å²) in [6.45, 7) is 3.98. The number of aromatic nitrogens is 1. The first kappa shape index (κ1) is 12.2. The van der Waals surface area contributed by atoms with Crippen LogP contribution in [0.1, 0.15) is 12.6 Å². The number of thiazole rings is 1. The molecule has 0 spiro atoms. The fraction of sp³-hybridized carbons (Fsp3) is 0.308. The van der Waals surface area contributed by atoms with E-state index in [1.165, 1.54) is 12.1 Å². The molecule has 2 rings (SSSR count). The van der Waals surface area contributed by atoms with Crippen LogP contribution < -0.4 is 0 Å². The molecule has 4 heteroatoms. The van der Waals surface area contributed by atoms with E-state index in [0.717, 1.165) is 29.4 Å². The van der Waals surface area contributed by atoms with Crippen molar-refractivity contribution in [1.82, 2.24) is 9.88 Å². The maximum absolute atomic E-state index is 12.8. The molecule has 0 fully saturated rings. The second-order valence-electron chi connectivity index (χ2n) is 3.98. The van der Waals surface area contributed by atoms with Crippen LogP contribution in [-0.2, 0) is 6.54 Å². The minimum Gasteiger partial charge on any atom is -0.301 e. The molecule has 0 N–H and O–H groups in total. The Morgan fingerprint density at radius 3 is 2.65 bits per heavy atom. The van der Waals surface area contributed by atoms with Crippen molar-refractivity contribution in [2.45, 2.75) is 13.5 Å². The average molecular weight is 250 g/mol. The molecule has 2 aromatic rings. The van der Waals surface area contributed by atoms with E-state index in [1.807, 2.05) is 0 Å². The van der Waals surface area contributed by atoms with Gasteiger partial charge in [0.05, 0.1) is 5.69 Å². The van der Waals surface area contributed by atoms with Crippen LogP contribution in [0.25, 0.3) is 10.6 Å². The van der Waals surface area contributed by atoms with Crippen molar-refractivity contribution in [3.05, 3.63) is 41.2 Å². The molecule has 1 heterocycles. The van der Waals surface area contributed by atoms with E-state index in [1.54, 1.807) is 23.5 Å². The standard InChI is InChI=1S/C13H15FN2S/c1-3-16(2)8-12-9-17-13(15-12)10-4-6-11(14)7-5-10/h4-7,9H,3,8H2,1-2H3. The molecule has 0 saturated carbocycles. The van der Waals surface area contributed by atoms with Crippen LogP contribution in [0.2, 0.25) is 0 Å². The first-order valence-corrected chi connectivity index (χ1v) is 6.46.